The van der Waals surface area contributed by atoms with Gasteiger partial charge in [-0.05, 0) is 42.0 Å². The summed E-state index contributed by atoms with van der Waals surface area (Å²) >= 11 is 6.07. The van der Waals surface area contributed by atoms with E-state index in [0.29, 0.717) is 27.7 Å². The summed E-state index contributed by atoms with van der Waals surface area (Å²) in [5.74, 6) is -1.57. The number of halogens is 1. The summed E-state index contributed by atoms with van der Waals surface area (Å²) in [7, 11) is 1.60. The molecule has 0 spiro atoms. The summed E-state index contributed by atoms with van der Waals surface area (Å²) in [5.41, 5.74) is 1.71. The van der Waals surface area contributed by atoms with Crippen molar-refractivity contribution in [2.75, 3.05) is 11.9 Å². The monoisotopic (exact) mass is 502 g/mol. The first-order chi connectivity index (χ1) is 17.3. The zero-order valence-corrected chi connectivity index (χ0v) is 20.1. The van der Waals surface area contributed by atoms with Crippen molar-refractivity contribution in [3.05, 3.63) is 113 Å². The number of para-hydroxylation sites is 1. The lowest BCUT2D eigenvalue weighted by Gasteiger charge is -2.18. The molecule has 1 heterocycles. The Morgan fingerprint density at radius 2 is 1.64 bits per heavy atom. The maximum atomic E-state index is 13.2. The number of anilines is 1. The fourth-order valence-corrected chi connectivity index (χ4v) is 3.94. The molecule has 1 aromatic heterocycles. The van der Waals surface area contributed by atoms with Crippen molar-refractivity contribution in [2.24, 2.45) is 0 Å². The van der Waals surface area contributed by atoms with Crippen LogP contribution in [-0.2, 0) is 4.79 Å². The van der Waals surface area contributed by atoms with Gasteiger partial charge in [0.05, 0.1) is 18.2 Å². The Kier molecular flexibility index (Phi) is 7.46. The van der Waals surface area contributed by atoms with E-state index in [9.17, 15) is 19.5 Å². The first-order valence-electron chi connectivity index (χ1n) is 11.1. The fourth-order valence-electron chi connectivity index (χ4n) is 3.74. The number of carbonyl (C=O) groups is 3. The zero-order chi connectivity index (χ0) is 25.7. The maximum Gasteiger partial charge on any atom is 0.305 e. The lowest BCUT2D eigenvalue weighted by molar-refractivity contribution is -0.137. The van der Waals surface area contributed by atoms with E-state index in [-0.39, 0.29) is 18.0 Å². The molecule has 9 heteroatoms. The SMILES string of the molecule is CN(C(=O)c1ccccc1)c1cc(C(=O)NC(CC(=O)O)c2cccc(Cl)c2)nn1-c1ccccc1. The largest absolute Gasteiger partial charge is 0.481 e. The molecule has 0 bridgehead atoms. The summed E-state index contributed by atoms with van der Waals surface area (Å²) in [6, 6.07) is 25.2. The number of carboxylic acid groups (broad SMARTS) is 1. The number of aromatic nitrogens is 2. The minimum Gasteiger partial charge on any atom is -0.481 e. The molecule has 1 atom stereocenters. The van der Waals surface area contributed by atoms with Crippen molar-refractivity contribution in [2.45, 2.75) is 12.5 Å². The Hall–Kier alpha value is -4.43. The minimum atomic E-state index is -1.08. The first kappa shape index (κ1) is 24.7. The second kappa shape index (κ2) is 10.9. The molecular formula is C27H23ClN4O4. The van der Waals surface area contributed by atoms with Crippen LogP contribution < -0.4 is 10.2 Å². The van der Waals surface area contributed by atoms with Crippen molar-refractivity contribution in [3.8, 4) is 5.69 Å². The average Bonchev–Trinajstić information content (AvgIpc) is 3.34. The molecule has 0 radical (unpaired) electrons. The number of amides is 2. The van der Waals surface area contributed by atoms with Crippen LogP contribution in [-0.4, -0.2) is 39.7 Å². The molecule has 0 aliphatic heterocycles. The highest BCUT2D eigenvalue weighted by Gasteiger charge is 2.25. The highest BCUT2D eigenvalue weighted by Crippen LogP contribution is 2.24. The molecule has 0 fully saturated rings. The number of nitrogens with zero attached hydrogens (tertiary/aromatic N) is 3. The number of nitrogens with one attached hydrogen (secondary N) is 1. The third-order valence-corrected chi connectivity index (χ3v) is 5.76. The van der Waals surface area contributed by atoms with Gasteiger partial charge in [0, 0.05) is 23.7 Å². The summed E-state index contributed by atoms with van der Waals surface area (Å²) in [6.07, 6.45) is -0.343. The van der Waals surface area contributed by atoms with Gasteiger partial charge in [0.15, 0.2) is 5.69 Å². The predicted molar refractivity (Wildman–Crippen MR) is 137 cm³/mol. The van der Waals surface area contributed by atoms with Crippen LogP contribution in [0.15, 0.2) is 91.0 Å². The predicted octanol–water partition coefficient (Wildman–Crippen LogP) is 4.75. The van der Waals surface area contributed by atoms with Crippen LogP contribution in [0.3, 0.4) is 0 Å². The lowest BCUT2D eigenvalue weighted by atomic mass is 10.0. The maximum absolute atomic E-state index is 13.2. The summed E-state index contributed by atoms with van der Waals surface area (Å²) < 4.78 is 1.50. The van der Waals surface area contributed by atoms with Crippen LogP contribution in [0.5, 0.6) is 0 Å². The Morgan fingerprint density at radius 1 is 0.972 bits per heavy atom. The highest BCUT2D eigenvalue weighted by molar-refractivity contribution is 6.30. The number of hydrogen-bond donors (Lipinski definition) is 2. The normalized spacial score (nSPS) is 11.5. The van der Waals surface area contributed by atoms with Gasteiger partial charge in [-0.2, -0.15) is 5.10 Å². The Bertz CT molecular complexity index is 1390. The number of hydrogen-bond acceptors (Lipinski definition) is 4. The Labute approximate surface area is 212 Å². The number of rotatable bonds is 8. The van der Waals surface area contributed by atoms with E-state index in [1.54, 1.807) is 67.7 Å². The van der Waals surface area contributed by atoms with Crippen molar-refractivity contribution in [1.29, 1.82) is 0 Å². The summed E-state index contributed by atoms with van der Waals surface area (Å²) in [6.45, 7) is 0. The van der Waals surface area contributed by atoms with Gasteiger partial charge < -0.3 is 10.4 Å². The van der Waals surface area contributed by atoms with Gasteiger partial charge in [0.1, 0.15) is 5.82 Å². The molecule has 0 saturated carbocycles. The van der Waals surface area contributed by atoms with Gasteiger partial charge in [0.2, 0.25) is 0 Å². The molecule has 0 aliphatic carbocycles. The summed E-state index contributed by atoms with van der Waals surface area (Å²) in [4.78, 5) is 39.3. The van der Waals surface area contributed by atoms with Crippen LogP contribution in [0.1, 0.15) is 38.9 Å². The highest BCUT2D eigenvalue weighted by atomic mass is 35.5. The average molecular weight is 503 g/mol. The quantitative estimate of drug-likeness (QED) is 0.362. The molecule has 0 aliphatic rings. The van der Waals surface area contributed by atoms with Crippen molar-refractivity contribution < 1.29 is 19.5 Å². The topological polar surface area (TPSA) is 105 Å². The van der Waals surface area contributed by atoms with Gasteiger partial charge in [0.25, 0.3) is 11.8 Å². The first-order valence-corrected chi connectivity index (χ1v) is 11.5. The van der Waals surface area contributed by atoms with Crippen LogP contribution in [0.25, 0.3) is 5.69 Å². The van der Waals surface area contributed by atoms with E-state index >= 15 is 0 Å². The number of aliphatic carboxylic acids is 1. The lowest BCUT2D eigenvalue weighted by Crippen LogP contribution is -2.30. The smallest absolute Gasteiger partial charge is 0.305 e. The van der Waals surface area contributed by atoms with Gasteiger partial charge in [-0.3, -0.25) is 19.3 Å². The second-order valence-electron chi connectivity index (χ2n) is 8.04. The van der Waals surface area contributed by atoms with Gasteiger partial charge in [-0.1, -0.05) is 60.1 Å². The standard InChI is InChI=1S/C27H23ClN4O4/c1-31(27(36)18-9-4-2-5-10-18)24-16-23(30-32(24)21-13-6-3-7-14-21)26(35)29-22(17-25(33)34)19-11-8-12-20(28)15-19/h2-16,22H,17H2,1H3,(H,29,35)(H,33,34). The summed E-state index contributed by atoms with van der Waals surface area (Å²) in [5, 5.41) is 17.0. The molecule has 4 aromatic rings. The molecule has 2 amide bonds. The van der Waals surface area contributed by atoms with Gasteiger partial charge in [-0.15, -0.1) is 0 Å². The second-order valence-corrected chi connectivity index (χ2v) is 8.48. The van der Waals surface area contributed by atoms with Crippen molar-refractivity contribution in [1.82, 2.24) is 15.1 Å². The van der Waals surface area contributed by atoms with Crippen molar-refractivity contribution in [3.63, 3.8) is 0 Å². The van der Waals surface area contributed by atoms with E-state index in [4.69, 9.17) is 11.6 Å². The van der Waals surface area contributed by atoms with Gasteiger partial charge in [-0.25, -0.2) is 4.68 Å². The number of carbonyl (C=O) groups excluding carboxylic acids is 2. The molecule has 4 rings (SSSR count). The fraction of sp³-hybridized carbons (Fsp3) is 0.111. The molecular weight excluding hydrogens is 480 g/mol. The third-order valence-electron chi connectivity index (χ3n) is 5.53. The molecule has 2 N–H and O–H groups in total. The number of benzene rings is 3. The van der Waals surface area contributed by atoms with Gasteiger partial charge >= 0.3 is 5.97 Å². The molecule has 0 saturated heterocycles. The van der Waals surface area contributed by atoms with E-state index in [2.05, 4.69) is 10.4 Å². The van der Waals surface area contributed by atoms with E-state index in [1.165, 1.54) is 15.6 Å². The van der Waals surface area contributed by atoms with E-state index in [0.717, 1.165) is 0 Å². The van der Waals surface area contributed by atoms with E-state index in [1.807, 2.05) is 24.3 Å². The number of carboxylic acids is 1. The molecule has 36 heavy (non-hydrogen) atoms. The Balaban J connectivity index is 1.69. The molecule has 182 valence electrons. The molecule has 1 unspecified atom stereocenters. The third kappa shape index (κ3) is 5.61. The minimum absolute atomic E-state index is 0.0268. The van der Waals surface area contributed by atoms with Crippen LogP contribution in [0.4, 0.5) is 5.82 Å². The molecule has 8 nitrogen and oxygen atoms in total. The molecule has 3 aromatic carbocycles. The van der Waals surface area contributed by atoms with Crippen molar-refractivity contribution >= 4 is 35.2 Å². The van der Waals surface area contributed by atoms with Crippen LogP contribution in [0, 0.1) is 0 Å². The zero-order valence-electron chi connectivity index (χ0n) is 19.3. The van der Waals surface area contributed by atoms with E-state index < -0.39 is 17.9 Å². The van der Waals surface area contributed by atoms with Crippen LogP contribution >= 0.6 is 11.6 Å². The Morgan fingerprint density at radius 3 is 2.28 bits per heavy atom. The van der Waals surface area contributed by atoms with Crippen LogP contribution in [0.2, 0.25) is 5.02 Å².